The van der Waals surface area contributed by atoms with Gasteiger partial charge in [-0.3, -0.25) is 9.59 Å². The van der Waals surface area contributed by atoms with E-state index in [-0.39, 0.29) is 43.0 Å². The number of aryl methyl sites for hydroxylation is 2. The molecule has 0 unspecified atom stereocenters. The second kappa shape index (κ2) is 17.1. The van der Waals surface area contributed by atoms with E-state index >= 15 is 0 Å². The average molecular weight is 664 g/mol. The highest BCUT2D eigenvalue weighted by atomic mass is 19.2. The zero-order valence-electron chi connectivity index (χ0n) is 27.5. The van der Waals surface area contributed by atoms with Gasteiger partial charge < -0.3 is 41.2 Å². The minimum atomic E-state index is -1.29. The van der Waals surface area contributed by atoms with Crippen molar-refractivity contribution in [1.82, 2.24) is 16.0 Å². The fourth-order valence-electron chi connectivity index (χ4n) is 4.21. The largest absolute Gasteiger partial charge is 0.514 e. The van der Waals surface area contributed by atoms with Crippen LogP contribution in [0.5, 0.6) is 5.75 Å². The lowest BCUT2D eigenvalue weighted by molar-refractivity contribution is -0.128. The molecule has 0 heterocycles. The molecule has 0 bridgehead atoms. The van der Waals surface area contributed by atoms with E-state index in [2.05, 4.69) is 21.3 Å². The van der Waals surface area contributed by atoms with Gasteiger partial charge in [0, 0.05) is 12.2 Å². The summed E-state index contributed by atoms with van der Waals surface area (Å²) in [5, 5.41) is 10.3. The number of nitrogens with two attached hydrogens (primary N) is 1. The van der Waals surface area contributed by atoms with E-state index in [4.69, 9.17) is 19.9 Å². The van der Waals surface area contributed by atoms with Crippen molar-refractivity contribution >= 4 is 35.8 Å². The number of benzene rings is 2. The number of primary amides is 1. The van der Waals surface area contributed by atoms with Gasteiger partial charge in [0.05, 0.1) is 0 Å². The standard InChI is InChI=1S/C32H43F2N5O8/c1-17(2)25(39-30(43)47-32(5,6)7)28(41)38-22(9-8-14-36-29(35)42)27(40)37-21-12-10-20(11-13-21)16-45-31(44)46-26-19(4)15-18(3)23(33)24(26)34/h10-13,15,17,22,25H,8-9,14,16H2,1-7H3,(H,37,40)(H,38,41)(H,39,43)(H3,35,36,42)/t22-,25-/m0/s1. The molecule has 0 radical (unpaired) electrons. The Kier molecular flexibility index (Phi) is 13.9. The maximum atomic E-state index is 14.2. The predicted molar refractivity (Wildman–Crippen MR) is 168 cm³/mol. The molecule has 0 fully saturated rings. The maximum Gasteiger partial charge on any atom is 0.514 e. The number of alkyl carbamates (subject to hydrolysis) is 1. The van der Waals surface area contributed by atoms with E-state index in [0.29, 0.717) is 11.3 Å². The van der Waals surface area contributed by atoms with Crippen molar-refractivity contribution in [1.29, 1.82) is 0 Å². The smallest absolute Gasteiger partial charge is 0.444 e. The third kappa shape index (κ3) is 12.8. The normalized spacial score (nSPS) is 12.4. The third-order valence-electron chi connectivity index (χ3n) is 6.52. The quantitative estimate of drug-likeness (QED) is 0.116. The van der Waals surface area contributed by atoms with Crippen LogP contribution in [0.25, 0.3) is 0 Å². The summed E-state index contributed by atoms with van der Waals surface area (Å²) in [5.41, 5.74) is 5.44. The summed E-state index contributed by atoms with van der Waals surface area (Å²) in [6, 6.07) is 4.66. The maximum absolute atomic E-state index is 14.2. The lowest BCUT2D eigenvalue weighted by Gasteiger charge is -2.27. The molecule has 2 aromatic carbocycles. The SMILES string of the molecule is Cc1cc(C)c(OC(=O)OCc2ccc(NC(=O)[C@H](CCCNC(N)=O)NC(=O)[C@@H](NC(=O)OC(C)(C)C)C(C)C)cc2)c(F)c1F. The number of amides is 5. The van der Waals surface area contributed by atoms with Crippen LogP contribution in [0.15, 0.2) is 30.3 Å². The first kappa shape index (κ1) is 38.2. The number of ether oxygens (including phenoxy) is 3. The van der Waals surface area contributed by atoms with E-state index in [9.17, 15) is 32.8 Å². The molecule has 0 aliphatic carbocycles. The van der Waals surface area contributed by atoms with Crippen LogP contribution in [0, 0.1) is 31.4 Å². The van der Waals surface area contributed by atoms with Gasteiger partial charge in [0.15, 0.2) is 11.6 Å². The summed E-state index contributed by atoms with van der Waals surface area (Å²) in [6.07, 6.45) is -1.62. The zero-order valence-corrected chi connectivity index (χ0v) is 27.5. The first-order valence-electron chi connectivity index (χ1n) is 14.9. The number of hydrogen-bond acceptors (Lipinski definition) is 8. The number of carbonyl (C=O) groups is 5. The summed E-state index contributed by atoms with van der Waals surface area (Å²) in [6.45, 7) is 11.2. The van der Waals surface area contributed by atoms with E-state index in [1.165, 1.54) is 32.0 Å². The summed E-state index contributed by atoms with van der Waals surface area (Å²) >= 11 is 0. The van der Waals surface area contributed by atoms with Crippen LogP contribution >= 0.6 is 0 Å². The summed E-state index contributed by atoms with van der Waals surface area (Å²) in [5.74, 6) is -4.53. The Morgan fingerprint density at radius 1 is 0.915 bits per heavy atom. The predicted octanol–water partition coefficient (Wildman–Crippen LogP) is 4.72. The zero-order chi connectivity index (χ0) is 35.5. The molecule has 2 rings (SSSR count). The van der Waals surface area contributed by atoms with Gasteiger partial charge in [0.25, 0.3) is 0 Å². The van der Waals surface area contributed by atoms with Gasteiger partial charge in [0.1, 0.15) is 24.3 Å². The lowest BCUT2D eigenvalue weighted by Crippen LogP contribution is -2.55. The first-order chi connectivity index (χ1) is 21.9. The van der Waals surface area contributed by atoms with Crippen molar-refractivity contribution in [3.8, 4) is 5.75 Å². The Labute approximate surface area is 272 Å². The molecule has 0 spiro atoms. The minimum Gasteiger partial charge on any atom is -0.444 e. The van der Waals surface area contributed by atoms with Crippen molar-refractivity contribution in [2.24, 2.45) is 11.7 Å². The molecule has 15 heteroatoms. The average Bonchev–Trinajstić information content (AvgIpc) is 2.96. The van der Waals surface area contributed by atoms with Crippen molar-refractivity contribution in [3.63, 3.8) is 0 Å². The van der Waals surface area contributed by atoms with Gasteiger partial charge in [-0.2, -0.15) is 4.39 Å². The van der Waals surface area contributed by atoms with E-state index in [1.54, 1.807) is 46.8 Å². The molecule has 2 aromatic rings. The Hall–Kier alpha value is -4.95. The number of carbonyl (C=O) groups excluding carboxylic acids is 5. The van der Waals surface area contributed by atoms with Crippen LogP contribution < -0.4 is 31.7 Å². The molecule has 5 amide bonds. The summed E-state index contributed by atoms with van der Waals surface area (Å²) < 4.78 is 43.2. The second-order valence-electron chi connectivity index (χ2n) is 12.2. The van der Waals surface area contributed by atoms with Crippen molar-refractivity contribution < 1.29 is 47.0 Å². The number of rotatable bonds is 13. The summed E-state index contributed by atoms with van der Waals surface area (Å²) in [7, 11) is 0. The fraction of sp³-hybridized carbons (Fsp3) is 0.469. The number of hydrogen-bond donors (Lipinski definition) is 5. The van der Waals surface area contributed by atoms with Crippen LogP contribution in [0.4, 0.5) is 28.9 Å². The number of urea groups is 1. The molecule has 47 heavy (non-hydrogen) atoms. The van der Waals surface area contributed by atoms with Gasteiger partial charge in [-0.15, -0.1) is 0 Å². The molecule has 2 atom stereocenters. The van der Waals surface area contributed by atoms with Crippen LogP contribution in [-0.2, 0) is 25.7 Å². The highest BCUT2D eigenvalue weighted by Crippen LogP contribution is 2.27. The van der Waals surface area contributed by atoms with Gasteiger partial charge >= 0.3 is 18.3 Å². The monoisotopic (exact) mass is 663 g/mol. The molecule has 6 N–H and O–H groups in total. The van der Waals surface area contributed by atoms with Gasteiger partial charge in [0.2, 0.25) is 17.6 Å². The lowest BCUT2D eigenvalue weighted by atomic mass is 10.0. The topological polar surface area (TPSA) is 187 Å². The molecule has 0 saturated heterocycles. The Morgan fingerprint density at radius 3 is 2.13 bits per heavy atom. The molecule has 0 aliphatic rings. The Bertz CT molecular complexity index is 1440. The minimum absolute atomic E-state index is 0.0663. The molecule has 0 aliphatic heterocycles. The van der Waals surface area contributed by atoms with Crippen LogP contribution in [0.3, 0.4) is 0 Å². The Balaban J connectivity index is 2.06. The van der Waals surface area contributed by atoms with E-state index in [1.807, 2.05) is 0 Å². The van der Waals surface area contributed by atoms with Crippen LogP contribution in [0.2, 0.25) is 0 Å². The van der Waals surface area contributed by atoms with Crippen molar-refractivity contribution in [2.45, 2.75) is 85.6 Å². The molecular weight excluding hydrogens is 620 g/mol. The van der Waals surface area contributed by atoms with Gasteiger partial charge in [-0.25, -0.2) is 18.8 Å². The van der Waals surface area contributed by atoms with Crippen LogP contribution in [-0.4, -0.2) is 54.3 Å². The molecular formula is C32H43F2N5O8. The number of nitrogens with one attached hydrogen (secondary N) is 4. The number of anilines is 1. The Morgan fingerprint density at radius 2 is 1.55 bits per heavy atom. The van der Waals surface area contributed by atoms with Crippen LogP contribution in [0.1, 0.15) is 64.2 Å². The fourth-order valence-corrected chi connectivity index (χ4v) is 4.21. The summed E-state index contributed by atoms with van der Waals surface area (Å²) in [4.78, 5) is 62.0. The van der Waals surface area contributed by atoms with Crippen molar-refractivity contribution in [2.75, 3.05) is 11.9 Å². The highest BCUT2D eigenvalue weighted by molar-refractivity contribution is 5.98. The third-order valence-corrected chi connectivity index (χ3v) is 6.52. The molecule has 258 valence electrons. The molecule has 0 aromatic heterocycles. The van der Waals surface area contributed by atoms with Crippen molar-refractivity contribution in [3.05, 3.63) is 58.7 Å². The van der Waals surface area contributed by atoms with Gasteiger partial charge in [-0.1, -0.05) is 26.0 Å². The number of halogens is 2. The first-order valence-corrected chi connectivity index (χ1v) is 14.9. The second-order valence-corrected chi connectivity index (χ2v) is 12.2. The van der Waals surface area contributed by atoms with E-state index in [0.717, 1.165) is 0 Å². The van der Waals surface area contributed by atoms with E-state index < -0.39 is 65.2 Å². The molecule has 13 nitrogen and oxygen atoms in total. The molecule has 0 saturated carbocycles. The van der Waals surface area contributed by atoms with Gasteiger partial charge in [-0.05, 0) is 88.3 Å². The highest BCUT2D eigenvalue weighted by Gasteiger charge is 2.30.